The van der Waals surface area contributed by atoms with Crippen molar-refractivity contribution in [3.05, 3.63) is 54.6 Å². The first-order chi connectivity index (χ1) is 10.1. The van der Waals surface area contributed by atoms with Crippen molar-refractivity contribution >= 4 is 28.5 Å². The Bertz CT molecular complexity index is 846. The molecular formula is C13H10N4O3S. The van der Waals surface area contributed by atoms with E-state index in [0.29, 0.717) is 11.3 Å². The van der Waals surface area contributed by atoms with E-state index in [0.717, 1.165) is 0 Å². The lowest BCUT2D eigenvalue weighted by Crippen LogP contribution is -2.14. The van der Waals surface area contributed by atoms with Crippen LogP contribution in [0.25, 0.3) is 5.78 Å². The van der Waals surface area contributed by atoms with E-state index in [9.17, 15) is 13.6 Å². The van der Waals surface area contributed by atoms with Crippen molar-refractivity contribution in [2.45, 2.75) is 4.90 Å². The van der Waals surface area contributed by atoms with E-state index in [4.69, 9.17) is 0 Å². The Morgan fingerprint density at radius 1 is 1.29 bits per heavy atom. The highest BCUT2D eigenvalue weighted by molar-refractivity contribution is 7.79. The van der Waals surface area contributed by atoms with Crippen LogP contribution in [0.2, 0.25) is 0 Å². The molecule has 3 rings (SSSR count). The van der Waals surface area contributed by atoms with E-state index in [1.165, 1.54) is 12.3 Å². The second-order valence-electron chi connectivity index (χ2n) is 4.18. The third-order valence-electron chi connectivity index (χ3n) is 2.83. The van der Waals surface area contributed by atoms with Gasteiger partial charge in [0.15, 0.2) is 11.1 Å². The molecule has 21 heavy (non-hydrogen) atoms. The van der Waals surface area contributed by atoms with Gasteiger partial charge in [0.25, 0.3) is 5.91 Å². The standard InChI is InChI=1S/C13H10N4O3S/c18-12(9-7-15-13-14-5-6-17(13)8-9)16-10-3-1-2-4-11(10)21(19)20/h1-8H,(H,16,18)(H,19,20). The van der Waals surface area contributed by atoms with Gasteiger partial charge in [0, 0.05) is 24.8 Å². The van der Waals surface area contributed by atoms with Crippen LogP contribution in [0.15, 0.2) is 53.9 Å². The summed E-state index contributed by atoms with van der Waals surface area (Å²) in [6.45, 7) is 0. The predicted molar refractivity (Wildman–Crippen MR) is 76.4 cm³/mol. The Morgan fingerprint density at radius 3 is 2.90 bits per heavy atom. The van der Waals surface area contributed by atoms with Gasteiger partial charge in [-0.05, 0) is 12.1 Å². The van der Waals surface area contributed by atoms with Crippen molar-refractivity contribution in [1.82, 2.24) is 14.4 Å². The molecule has 0 aliphatic rings. The molecule has 0 aliphatic heterocycles. The Hall–Kier alpha value is -2.58. The number of carbonyl (C=O) groups is 1. The van der Waals surface area contributed by atoms with Crippen LogP contribution in [0, 0.1) is 0 Å². The lowest BCUT2D eigenvalue weighted by Gasteiger charge is -2.08. The monoisotopic (exact) mass is 302 g/mol. The zero-order valence-electron chi connectivity index (χ0n) is 10.6. The van der Waals surface area contributed by atoms with Crippen molar-refractivity contribution < 1.29 is 13.6 Å². The molecule has 1 unspecified atom stereocenters. The van der Waals surface area contributed by atoms with Crippen LogP contribution in [0.5, 0.6) is 0 Å². The Kier molecular flexibility index (Phi) is 3.46. The smallest absolute Gasteiger partial charge is 0.258 e. The number of imidazole rings is 1. The van der Waals surface area contributed by atoms with Gasteiger partial charge in [0.1, 0.15) is 0 Å². The fraction of sp³-hybridized carbons (Fsp3) is 0. The minimum absolute atomic E-state index is 0.141. The Balaban J connectivity index is 1.91. The van der Waals surface area contributed by atoms with Gasteiger partial charge < -0.3 is 9.87 Å². The summed E-state index contributed by atoms with van der Waals surface area (Å²) in [7, 11) is 0. The number of hydrogen-bond donors (Lipinski definition) is 2. The molecule has 1 amide bonds. The number of aromatic nitrogens is 3. The molecule has 0 bridgehead atoms. The lowest BCUT2D eigenvalue weighted by atomic mass is 10.2. The number of carbonyl (C=O) groups excluding carboxylic acids is 1. The molecule has 2 N–H and O–H groups in total. The van der Waals surface area contributed by atoms with Crippen molar-refractivity contribution in [1.29, 1.82) is 0 Å². The van der Waals surface area contributed by atoms with E-state index < -0.39 is 17.0 Å². The molecule has 8 heteroatoms. The van der Waals surface area contributed by atoms with Crippen LogP contribution in [0.3, 0.4) is 0 Å². The van der Waals surface area contributed by atoms with Gasteiger partial charge in [-0.1, -0.05) is 12.1 Å². The van der Waals surface area contributed by atoms with Gasteiger partial charge in [-0.15, -0.1) is 0 Å². The second-order valence-corrected chi connectivity index (χ2v) is 5.11. The summed E-state index contributed by atoms with van der Waals surface area (Å²) in [6.07, 6.45) is 6.24. The van der Waals surface area contributed by atoms with Crippen molar-refractivity contribution in [3.63, 3.8) is 0 Å². The van der Waals surface area contributed by atoms with E-state index >= 15 is 0 Å². The van der Waals surface area contributed by atoms with Gasteiger partial charge >= 0.3 is 0 Å². The van der Waals surface area contributed by atoms with Gasteiger partial charge in [0.05, 0.1) is 16.1 Å². The van der Waals surface area contributed by atoms with Crippen LogP contribution in [-0.4, -0.2) is 29.0 Å². The SMILES string of the molecule is O=C(Nc1ccccc1S(=O)O)c1cnc2nccn2c1. The number of anilines is 1. The number of para-hydroxylation sites is 1. The molecule has 2 heterocycles. The molecule has 3 aromatic rings. The number of nitrogens with one attached hydrogen (secondary N) is 1. The van der Waals surface area contributed by atoms with E-state index in [2.05, 4.69) is 15.3 Å². The number of amides is 1. The van der Waals surface area contributed by atoms with E-state index in [1.54, 1.807) is 41.2 Å². The normalized spacial score (nSPS) is 12.2. The molecule has 1 aromatic carbocycles. The second kappa shape index (κ2) is 5.43. The number of fused-ring (bicyclic) bond motifs is 1. The maximum Gasteiger partial charge on any atom is 0.258 e. The molecular weight excluding hydrogens is 292 g/mol. The van der Waals surface area contributed by atoms with Crippen molar-refractivity contribution in [3.8, 4) is 0 Å². The summed E-state index contributed by atoms with van der Waals surface area (Å²) in [5.41, 5.74) is 0.605. The number of benzene rings is 1. The zero-order valence-corrected chi connectivity index (χ0v) is 11.4. The molecule has 0 spiro atoms. The van der Waals surface area contributed by atoms with Crippen LogP contribution in [0.4, 0.5) is 5.69 Å². The molecule has 2 aromatic heterocycles. The van der Waals surface area contributed by atoms with Crippen molar-refractivity contribution in [2.75, 3.05) is 5.32 Å². The maximum absolute atomic E-state index is 12.2. The molecule has 0 saturated heterocycles. The van der Waals surface area contributed by atoms with Gasteiger partial charge in [-0.3, -0.25) is 9.20 Å². The Morgan fingerprint density at radius 2 is 2.10 bits per heavy atom. The van der Waals surface area contributed by atoms with Crippen LogP contribution in [0.1, 0.15) is 10.4 Å². The van der Waals surface area contributed by atoms with E-state index in [-0.39, 0.29) is 10.6 Å². The maximum atomic E-state index is 12.2. The van der Waals surface area contributed by atoms with Gasteiger partial charge in [-0.2, -0.15) is 0 Å². The summed E-state index contributed by atoms with van der Waals surface area (Å²) in [5.74, 6) is 0.0689. The fourth-order valence-corrected chi connectivity index (χ4v) is 2.35. The fourth-order valence-electron chi connectivity index (χ4n) is 1.85. The number of hydrogen-bond acceptors (Lipinski definition) is 4. The highest BCUT2D eigenvalue weighted by Gasteiger charge is 2.12. The van der Waals surface area contributed by atoms with Gasteiger partial charge in [0.2, 0.25) is 5.78 Å². The molecule has 1 atom stereocenters. The number of nitrogens with zero attached hydrogens (tertiary/aromatic N) is 3. The minimum Gasteiger partial charge on any atom is -0.321 e. The highest BCUT2D eigenvalue weighted by Crippen LogP contribution is 2.18. The molecule has 7 nitrogen and oxygen atoms in total. The van der Waals surface area contributed by atoms with Crippen LogP contribution < -0.4 is 5.32 Å². The topological polar surface area (TPSA) is 96.6 Å². The average molecular weight is 302 g/mol. The number of rotatable bonds is 3. The van der Waals surface area contributed by atoms with Crippen molar-refractivity contribution in [2.24, 2.45) is 0 Å². The lowest BCUT2D eigenvalue weighted by molar-refractivity contribution is 0.102. The first-order valence-electron chi connectivity index (χ1n) is 5.95. The first-order valence-corrected chi connectivity index (χ1v) is 7.06. The molecule has 0 saturated carbocycles. The zero-order chi connectivity index (χ0) is 14.8. The highest BCUT2D eigenvalue weighted by atomic mass is 32.2. The molecule has 0 radical (unpaired) electrons. The van der Waals surface area contributed by atoms with Crippen LogP contribution in [-0.2, 0) is 11.1 Å². The third-order valence-corrected chi connectivity index (χ3v) is 3.56. The summed E-state index contributed by atoms with van der Waals surface area (Å²) >= 11 is -2.17. The average Bonchev–Trinajstić information content (AvgIpc) is 2.94. The molecule has 0 fully saturated rings. The summed E-state index contributed by atoms with van der Waals surface area (Å²) in [4.78, 5) is 20.4. The van der Waals surface area contributed by atoms with Crippen LogP contribution >= 0.6 is 0 Å². The summed E-state index contributed by atoms with van der Waals surface area (Å²) in [6, 6.07) is 6.33. The molecule has 0 aliphatic carbocycles. The van der Waals surface area contributed by atoms with Gasteiger partial charge in [-0.25, -0.2) is 14.2 Å². The predicted octanol–water partition coefficient (Wildman–Crippen LogP) is 1.56. The Labute approximate surface area is 121 Å². The third kappa shape index (κ3) is 2.67. The summed E-state index contributed by atoms with van der Waals surface area (Å²) in [5, 5.41) is 2.60. The largest absolute Gasteiger partial charge is 0.321 e. The molecule has 106 valence electrons. The minimum atomic E-state index is -2.17. The van der Waals surface area contributed by atoms with E-state index in [1.807, 2.05) is 0 Å². The summed E-state index contributed by atoms with van der Waals surface area (Å²) < 4.78 is 22.0. The quantitative estimate of drug-likeness (QED) is 0.716. The first kappa shape index (κ1) is 13.4.